The molecule has 0 unspecified atom stereocenters. The van der Waals surface area contributed by atoms with Crippen LogP contribution in [0.5, 0.6) is 0 Å². The Kier molecular flexibility index (Phi) is 2.78. The van der Waals surface area contributed by atoms with E-state index in [1.54, 1.807) is 0 Å². The van der Waals surface area contributed by atoms with E-state index in [9.17, 15) is 13.2 Å². The average molecular weight is 279 g/mol. The standard InChI is InChI=1S/C12H8F3N5/c13-4-10-18-11(16)7-5-17-20(12(7)19-10)9-2-1-6(14)3-8(9)15/h1-3,5H,4H2,(H2,16,18,19). The van der Waals surface area contributed by atoms with Gasteiger partial charge in [0, 0.05) is 6.07 Å². The molecule has 0 fully saturated rings. The zero-order valence-corrected chi connectivity index (χ0v) is 10.0. The van der Waals surface area contributed by atoms with Crippen LogP contribution in [0.2, 0.25) is 0 Å². The van der Waals surface area contributed by atoms with E-state index in [4.69, 9.17) is 5.73 Å². The maximum Gasteiger partial charge on any atom is 0.168 e. The summed E-state index contributed by atoms with van der Waals surface area (Å²) in [6.45, 7) is -0.906. The van der Waals surface area contributed by atoms with Crippen molar-refractivity contribution in [3.63, 3.8) is 0 Å². The topological polar surface area (TPSA) is 69.6 Å². The normalized spacial score (nSPS) is 11.2. The van der Waals surface area contributed by atoms with E-state index in [1.807, 2.05) is 0 Å². The number of nitrogens with two attached hydrogens (primary N) is 1. The van der Waals surface area contributed by atoms with Gasteiger partial charge in [-0.3, -0.25) is 0 Å². The van der Waals surface area contributed by atoms with Crippen LogP contribution < -0.4 is 5.73 Å². The van der Waals surface area contributed by atoms with Gasteiger partial charge in [-0.1, -0.05) is 0 Å². The second kappa shape index (κ2) is 4.48. The first-order valence-electron chi connectivity index (χ1n) is 5.61. The number of aromatic nitrogens is 4. The minimum atomic E-state index is -0.906. The summed E-state index contributed by atoms with van der Waals surface area (Å²) >= 11 is 0. The highest BCUT2D eigenvalue weighted by Crippen LogP contribution is 2.22. The lowest BCUT2D eigenvalue weighted by molar-refractivity contribution is 0.466. The molecule has 2 aromatic heterocycles. The predicted molar refractivity (Wildman–Crippen MR) is 65.8 cm³/mol. The highest BCUT2D eigenvalue weighted by Gasteiger charge is 2.15. The molecular weight excluding hydrogens is 271 g/mol. The Balaban J connectivity index is 2.28. The van der Waals surface area contributed by atoms with Gasteiger partial charge in [-0.2, -0.15) is 5.10 Å². The lowest BCUT2D eigenvalue weighted by atomic mass is 10.3. The van der Waals surface area contributed by atoms with Crippen LogP contribution in [-0.2, 0) is 6.67 Å². The van der Waals surface area contributed by atoms with Gasteiger partial charge in [-0.25, -0.2) is 27.8 Å². The zero-order valence-electron chi connectivity index (χ0n) is 10.0. The first-order chi connectivity index (χ1) is 9.60. The monoisotopic (exact) mass is 279 g/mol. The van der Waals surface area contributed by atoms with Crippen molar-refractivity contribution in [1.82, 2.24) is 19.7 Å². The molecule has 2 heterocycles. The van der Waals surface area contributed by atoms with E-state index in [2.05, 4.69) is 15.1 Å². The quantitative estimate of drug-likeness (QED) is 0.780. The molecule has 0 aliphatic carbocycles. The SMILES string of the molecule is Nc1nc(CF)nc2c1cnn2-c1ccc(F)cc1F. The molecule has 1 aromatic carbocycles. The minimum Gasteiger partial charge on any atom is -0.383 e. The summed E-state index contributed by atoms with van der Waals surface area (Å²) in [5.41, 5.74) is 5.81. The molecule has 0 radical (unpaired) electrons. The summed E-state index contributed by atoms with van der Waals surface area (Å²) in [4.78, 5) is 7.68. The van der Waals surface area contributed by atoms with Crippen LogP contribution in [-0.4, -0.2) is 19.7 Å². The van der Waals surface area contributed by atoms with Gasteiger partial charge in [0.1, 0.15) is 24.0 Å². The molecule has 0 aliphatic rings. The Morgan fingerprint density at radius 2 is 2.00 bits per heavy atom. The Morgan fingerprint density at radius 3 is 2.70 bits per heavy atom. The highest BCUT2D eigenvalue weighted by atomic mass is 19.1. The zero-order chi connectivity index (χ0) is 14.3. The summed E-state index contributed by atoms with van der Waals surface area (Å²) in [5.74, 6) is -1.59. The molecule has 3 aromatic rings. The molecule has 0 saturated heterocycles. The average Bonchev–Trinajstić information content (AvgIpc) is 2.83. The molecule has 2 N–H and O–H groups in total. The number of hydrogen-bond donors (Lipinski definition) is 1. The first kappa shape index (κ1) is 12.4. The molecule has 0 aliphatic heterocycles. The van der Waals surface area contributed by atoms with E-state index in [0.29, 0.717) is 5.39 Å². The summed E-state index contributed by atoms with van der Waals surface area (Å²) < 4.78 is 40.5. The van der Waals surface area contributed by atoms with Crippen molar-refractivity contribution < 1.29 is 13.2 Å². The number of anilines is 1. The third-order valence-corrected chi connectivity index (χ3v) is 2.76. The number of halogens is 3. The van der Waals surface area contributed by atoms with Gasteiger partial charge in [-0.15, -0.1) is 0 Å². The van der Waals surface area contributed by atoms with Crippen LogP contribution >= 0.6 is 0 Å². The third-order valence-electron chi connectivity index (χ3n) is 2.76. The van der Waals surface area contributed by atoms with Crippen molar-refractivity contribution in [2.24, 2.45) is 0 Å². The van der Waals surface area contributed by atoms with Gasteiger partial charge in [-0.05, 0) is 12.1 Å². The van der Waals surface area contributed by atoms with Gasteiger partial charge in [0.15, 0.2) is 17.3 Å². The van der Waals surface area contributed by atoms with Crippen molar-refractivity contribution in [2.75, 3.05) is 5.73 Å². The van der Waals surface area contributed by atoms with Crippen LogP contribution in [0.25, 0.3) is 16.7 Å². The Bertz CT molecular complexity index is 799. The van der Waals surface area contributed by atoms with Gasteiger partial charge < -0.3 is 5.73 Å². The fourth-order valence-electron chi connectivity index (χ4n) is 1.87. The smallest absolute Gasteiger partial charge is 0.168 e. The Labute approximate surface area is 110 Å². The van der Waals surface area contributed by atoms with Gasteiger partial charge in [0.2, 0.25) is 0 Å². The molecule has 3 rings (SSSR count). The molecule has 0 spiro atoms. The minimum absolute atomic E-state index is 0.00990. The van der Waals surface area contributed by atoms with Crippen molar-refractivity contribution in [1.29, 1.82) is 0 Å². The van der Waals surface area contributed by atoms with Crippen molar-refractivity contribution in [3.8, 4) is 5.69 Å². The predicted octanol–water partition coefficient (Wildman–Crippen LogP) is 2.15. The fourth-order valence-corrected chi connectivity index (χ4v) is 1.87. The van der Waals surface area contributed by atoms with E-state index in [-0.39, 0.29) is 23.0 Å². The number of rotatable bonds is 2. The number of nitrogens with zero attached hydrogens (tertiary/aromatic N) is 4. The fraction of sp³-hybridized carbons (Fsp3) is 0.0833. The molecular formula is C12H8F3N5. The van der Waals surface area contributed by atoms with Crippen LogP contribution in [0.3, 0.4) is 0 Å². The van der Waals surface area contributed by atoms with E-state index < -0.39 is 18.3 Å². The Hall–Kier alpha value is -2.64. The second-order valence-electron chi connectivity index (χ2n) is 4.05. The van der Waals surface area contributed by atoms with Gasteiger partial charge >= 0.3 is 0 Å². The Morgan fingerprint density at radius 1 is 1.20 bits per heavy atom. The number of hydrogen-bond acceptors (Lipinski definition) is 4. The van der Waals surface area contributed by atoms with Crippen molar-refractivity contribution >= 4 is 16.9 Å². The summed E-state index contributed by atoms with van der Waals surface area (Å²) in [6, 6.07) is 3.03. The summed E-state index contributed by atoms with van der Waals surface area (Å²) in [6.07, 6.45) is 1.34. The second-order valence-corrected chi connectivity index (χ2v) is 4.05. The molecule has 8 heteroatoms. The first-order valence-corrected chi connectivity index (χ1v) is 5.61. The number of nitrogen functional groups attached to an aromatic ring is 1. The van der Waals surface area contributed by atoms with E-state index >= 15 is 0 Å². The van der Waals surface area contributed by atoms with Crippen molar-refractivity contribution in [3.05, 3.63) is 41.9 Å². The van der Waals surface area contributed by atoms with E-state index in [0.717, 1.165) is 16.8 Å². The summed E-state index contributed by atoms with van der Waals surface area (Å²) in [5, 5.41) is 4.31. The number of alkyl halides is 1. The van der Waals surface area contributed by atoms with Crippen LogP contribution in [0.1, 0.15) is 5.82 Å². The molecule has 0 saturated carbocycles. The van der Waals surface area contributed by atoms with Crippen LogP contribution in [0.4, 0.5) is 19.0 Å². The van der Waals surface area contributed by atoms with Gasteiger partial charge in [0.05, 0.1) is 11.6 Å². The highest BCUT2D eigenvalue weighted by molar-refractivity contribution is 5.86. The van der Waals surface area contributed by atoms with Crippen LogP contribution in [0.15, 0.2) is 24.4 Å². The number of benzene rings is 1. The van der Waals surface area contributed by atoms with Crippen LogP contribution in [0, 0.1) is 11.6 Å². The molecule has 0 atom stereocenters. The molecule has 0 amide bonds. The maximum absolute atomic E-state index is 13.8. The lowest BCUT2D eigenvalue weighted by Gasteiger charge is -2.05. The molecule has 102 valence electrons. The molecule has 5 nitrogen and oxygen atoms in total. The molecule has 0 bridgehead atoms. The third kappa shape index (κ3) is 1.85. The van der Waals surface area contributed by atoms with E-state index in [1.165, 1.54) is 12.3 Å². The lowest BCUT2D eigenvalue weighted by Crippen LogP contribution is -2.04. The van der Waals surface area contributed by atoms with Crippen molar-refractivity contribution in [2.45, 2.75) is 6.67 Å². The maximum atomic E-state index is 13.8. The number of fused-ring (bicyclic) bond motifs is 1. The largest absolute Gasteiger partial charge is 0.383 e. The van der Waals surface area contributed by atoms with Gasteiger partial charge in [0.25, 0.3) is 0 Å². The summed E-state index contributed by atoms with van der Waals surface area (Å²) in [7, 11) is 0. The molecule has 20 heavy (non-hydrogen) atoms.